The summed E-state index contributed by atoms with van der Waals surface area (Å²) in [6.07, 6.45) is -2.66. The molecule has 1 aromatic carbocycles. The van der Waals surface area contributed by atoms with Crippen LogP contribution in [-0.4, -0.2) is 31.2 Å². The van der Waals surface area contributed by atoms with E-state index in [2.05, 4.69) is 15.4 Å². The van der Waals surface area contributed by atoms with Crippen molar-refractivity contribution >= 4 is 23.2 Å². The molecule has 2 amide bonds. The quantitative estimate of drug-likeness (QED) is 0.847. The molecule has 0 heterocycles. The van der Waals surface area contributed by atoms with E-state index in [9.17, 15) is 22.8 Å². The van der Waals surface area contributed by atoms with Gasteiger partial charge < -0.3 is 15.4 Å². The van der Waals surface area contributed by atoms with E-state index in [-0.39, 0.29) is 11.8 Å². The van der Waals surface area contributed by atoms with E-state index in [1.54, 1.807) is 24.3 Å². The molecule has 0 unspecified atom stereocenters. The smallest absolute Gasteiger partial charge is 0.362 e. The SMILES string of the molecule is O=C(COCC(F)(F)F)Nc1ccc(NC(=O)C2CC2)cc1. The van der Waals surface area contributed by atoms with E-state index in [0.29, 0.717) is 11.4 Å². The first-order valence-electron chi connectivity index (χ1n) is 6.69. The second kappa shape index (κ2) is 6.78. The maximum Gasteiger partial charge on any atom is 0.411 e. The van der Waals surface area contributed by atoms with Gasteiger partial charge >= 0.3 is 6.18 Å². The fourth-order valence-corrected chi connectivity index (χ4v) is 1.68. The molecule has 1 aliphatic rings. The van der Waals surface area contributed by atoms with Crippen molar-refractivity contribution < 1.29 is 27.5 Å². The lowest BCUT2D eigenvalue weighted by Gasteiger charge is -2.09. The van der Waals surface area contributed by atoms with Gasteiger partial charge in [-0.05, 0) is 37.1 Å². The second-order valence-electron chi connectivity index (χ2n) is 5.00. The highest BCUT2D eigenvalue weighted by Crippen LogP contribution is 2.30. The molecule has 2 rings (SSSR count). The van der Waals surface area contributed by atoms with Gasteiger partial charge in [-0.1, -0.05) is 0 Å². The zero-order valence-corrected chi connectivity index (χ0v) is 11.6. The Balaban J connectivity index is 1.75. The summed E-state index contributed by atoms with van der Waals surface area (Å²) in [5.41, 5.74) is 1.01. The summed E-state index contributed by atoms with van der Waals surface area (Å²) in [5, 5.41) is 5.13. The number of alkyl halides is 3. The van der Waals surface area contributed by atoms with E-state index < -0.39 is 25.3 Å². The van der Waals surface area contributed by atoms with E-state index in [0.717, 1.165) is 12.8 Å². The van der Waals surface area contributed by atoms with Gasteiger partial charge in [0.15, 0.2) is 0 Å². The number of benzene rings is 1. The fraction of sp³-hybridized carbons (Fsp3) is 0.429. The van der Waals surface area contributed by atoms with Gasteiger partial charge in [0.1, 0.15) is 13.2 Å². The van der Waals surface area contributed by atoms with Crippen LogP contribution in [0.2, 0.25) is 0 Å². The Bertz CT molecular complexity index is 539. The number of carbonyl (C=O) groups excluding carboxylic acids is 2. The van der Waals surface area contributed by atoms with Crippen LogP contribution in [0.5, 0.6) is 0 Å². The van der Waals surface area contributed by atoms with Crippen LogP contribution in [0.3, 0.4) is 0 Å². The average molecular weight is 316 g/mol. The van der Waals surface area contributed by atoms with Gasteiger partial charge in [-0.3, -0.25) is 9.59 Å². The van der Waals surface area contributed by atoms with Crippen molar-refractivity contribution in [3.63, 3.8) is 0 Å². The van der Waals surface area contributed by atoms with Crippen LogP contribution in [0, 0.1) is 5.92 Å². The van der Waals surface area contributed by atoms with E-state index in [1.807, 2.05) is 0 Å². The summed E-state index contributed by atoms with van der Waals surface area (Å²) < 4.78 is 39.8. The van der Waals surface area contributed by atoms with Crippen LogP contribution in [0.1, 0.15) is 12.8 Å². The van der Waals surface area contributed by atoms with Crippen LogP contribution in [0.4, 0.5) is 24.5 Å². The van der Waals surface area contributed by atoms with Gasteiger partial charge in [-0.15, -0.1) is 0 Å². The Labute approximate surface area is 124 Å². The molecule has 0 radical (unpaired) electrons. The Morgan fingerprint density at radius 3 is 2.14 bits per heavy atom. The number of rotatable bonds is 6. The topological polar surface area (TPSA) is 67.4 Å². The molecule has 2 N–H and O–H groups in total. The number of hydrogen-bond acceptors (Lipinski definition) is 3. The fourth-order valence-electron chi connectivity index (χ4n) is 1.68. The van der Waals surface area contributed by atoms with Crippen molar-refractivity contribution in [3.05, 3.63) is 24.3 Å². The Hall–Kier alpha value is -2.09. The van der Waals surface area contributed by atoms with Crippen LogP contribution >= 0.6 is 0 Å². The standard InChI is InChI=1S/C14H15F3N2O3/c15-14(16,17)8-22-7-12(20)18-10-3-5-11(6-4-10)19-13(21)9-1-2-9/h3-6,9H,1-2,7-8H2,(H,18,20)(H,19,21). The molecule has 1 fully saturated rings. The maximum atomic E-state index is 11.9. The third kappa shape index (κ3) is 5.72. The summed E-state index contributed by atoms with van der Waals surface area (Å²) in [6.45, 7) is -2.15. The molecule has 22 heavy (non-hydrogen) atoms. The van der Waals surface area contributed by atoms with Gasteiger partial charge in [0.2, 0.25) is 11.8 Å². The van der Waals surface area contributed by atoms with Gasteiger partial charge in [0, 0.05) is 17.3 Å². The van der Waals surface area contributed by atoms with Crippen molar-refractivity contribution in [3.8, 4) is 0 Å². The highest BCUT2D eigenvalue weighted by Gasteiger charge is 2.29. The largest absolute Gasteiger partial charge is 0.411 e. The zero-order valence-electron chi connectivity index (χ0n) is 11.6. The minimum atomic E-state index is -4.46. The van der Waals surface area contributed by atoms with Crippen molar-refractivity contribution in [2.75, 3.05) is 23.8 Å². The van der Waals surface area contributed by atoms with E-state index >= 15 is 0 Å². The molecular formula is C14H15F3N2O3. The number of amides is 2. The van der Waals surface area contributed by atoms with Crippen molar-refractivity contribution in [2.45, 2.75) is 19.0 Å². The Morgan fingerprint density at radius 1 is 1.09 bits per heavy atom. The number of ether oxygens (including phenoxy) is 1. The number of nitrogens with one attached hydrogen (secondary N) is 2. The molecule has 0 spiro atoms. The van der Waals surface area contributed by atoms with Crippen LogP contribution in [-0.2, 0) is 14.3 Å². The highest BCUT2D eigenvalue weighted by molar-refractivity contribution is 5.95. The molecular weight excluding hydrogens is 301 g/mol. The lowest BCUT2D eigenvalue weighted by Crippen LogP contribution is -2.24. The molecule has 0 atom stereocenters. The summed E-state index contributed by atoms with van der Waals surface area (Å²) in [5.74, 6) is -0.624. The molecule has 1 aromatic rings. The van der Waals surface area contributed by atoms with Gasteiger partial charge in [0.25, 0.3) is 0 Å². The average Bonchev–Trinajstić information content (AvgIpc) is 3.24. The summed E-state index contributed by atoms with van der Waals surface area (Å²) in [7, 11) is 0. The lowest BCUT2D eigenvalue weighted by atomic mass is 10.2. The Kier molecular flexibility index (Phi) is 5.02. The number of carbonyl (C=O) groups is 2. The summed E-state index contributed by atoms with van der Waals surface area (Å²) in [6, 6.07) is 6.30. The van der Waals surface area contributed by atoms with Gasteiger partial charge in [0.05, 0.1) is 0 Å². The Morgan fingerprint density at radius 2 is 1.64 bits per heavy atom. The van der Waals surface area contributed by atoms with E-state index in [4.69, 9.17) is 0 Å². The monoisotopic (exact) mass is 316 g/mol. The molecule has 0 bridgehead atoms. The molecule has 5 nitrogen and oxygen atoms in total. The molecule has 8 heteroatoms. The van der Waals surface area contributed by atoms with Crippen LogP contribution in [0.25, 0.3) is 0 Å². The molecule has 120 valence electrons. The predicted molar refractivity (Wildman–Crippen MR) is 73.3 cm³/mol. The second-order valence-corrected chi connectivity index (χ2v) is 5.00. The van der Waals surface area contributed by atoms with Gasteiger partial charge in [-0.2, -0.15) is 13.2 Å². The molecule has 0 aromatic heterocycles. The first kappa shape index (κ1) is 16.3. The van der Waals surface area contributed by atoms with E-state index in [1.165, 1.54) is 0 Å². The highest BCUT2D eigenvalue weighted by atomic mass is 19.4. The van der Waals surface area contributed by atoms with Crippen molar-refractivity contribution in [2.24, 2.45) is 5.92 Å². The number of anilines is 2. The maximum absolute atomic E-state index is 11.9. The lowest BCUT2D eigenvalue weighted by molar-refractivity contribution is -0.174. The molecule has 0 saturated heterocycles. The minimum absolute atomic E-state index is 0.0302. The van der Waals surface area contributed by atoms with Crippen LogP contribution < -0.4 is 10.6 Å². The third-order valence-corrected chi connectivity index (χ3v) is 2.88. The van der Waals surface area contributed by atoms with Crippen LogP contribution in [0.15, 0.2) is 24.3 Å². The minimum Gasteiger partial charge on any atom is -0.362 e. The first-order valence-corrected chi connectivity index (χ1v) is 6.69. The number of hydrogen-bond donors (Lipinski definition) is 2. The third-order valence-electron chi connectivity index (χ3n) is 2.88. The predicted octanol–water partition coefficient (Wildman–Crippen LogP) is 2.55. The zero-order chi connectivity index (χ0) is 16.2. The molecule has 1 aliphatic carbocycles. The summed E-state index contributed by atoms with van der Waals surface area (Å²) >= 11 is 0. The van der Waals surface area contributed by atoms with Gasteiger partial charge in [-0.25, -0.2) is 0 Å². The number of halogens is 3. The normalized spacial score (nSPS) is 14.5. The first-order chi connectivity index (χ1) is 10.3. The molecule has 1 saturated carbocycles. The van der Waals surface area contributed by atoms with Crippen molar-refractivity contribution in [1.29, 1.82) is 0 Å². The van der Waals surface area contributed by atoms with Crippen molar-refractivity contribution in [1.82, 2.24) is 0 Å². The summed E-state index contributed by atoms with van der Waals surface area (Å²) in [4.78, 5) is 22.9. The molecule has 0 aliphatic heterocycles.